The van der Waals surface area contributed by atoms with E-state index in [0.29, 0.717) is 12.1 Å². The first-order valence-corrected chi connectivity index (χ1v) is 5.71. The van der Waals surface area contributed by atoms with E-state index in [2.05, 4.69) is 31.4 Å². The highest BCUT2D eigenvalue weighted by Gasteiger charge is 2.25. The molecule has 0 radical (unpaired) electrons. The van der Waals surface area contributed by atoms with E-state index >= 15 is 0 Å². The number of hydrogen-bond acceptors (Lipinski definition) is 3. The van der Waals surface area contributed by atoms with Crippen LogP contribution in [0.2, 0.25) is 0 Å². The fraction of sp³-hybridized carbons (Fsp3) is 0.909. The summed E-state index contributed by atoms with van der Waals surface area (Å²) in [7, 11) is 1.50. The van der Waals surface area contributed by atoms with Crippen molar-refractivity contribution in [3.8, 4) is 0 Å². The summed E-state index contributed by atoms with van der Waals surface area (Å²) in [6, 6.07) is 1.02. The molecule has 0 spiro atoms. The Labute approximate surface area is 93.4 Å². The molecule has 1 aliphatic heterocycles. The fourth-order valence-electron chi connectivity index (χ4n) is 1.86. The molecular formula is C11H25N3O. The Morgan fingerprint density at radius 2 is 2.00 bits per heavy atom. The number of piperazine rings is 1. The summed E-state index contributed by atoms with van der Waals surface area (Å²) >= 11 is 0. The van der Waals surface area contributed by atoms with Crippen molar-refractivity contribution >= 4 is 6.41 Å². The van der Waals surface area contributed by atoms with Crippen molar-refractivity contribution in [2.45, 2.75) is 39.3 Å². The van der Waals surface area contributed by atoms with Crippen LogP contribution in [0.25, 0.3) is 0 Å². The van der Waals surface area contributed by atoms with Gasteiger partial charge in [0.25, 0.3) is 0 Å². The number of rotatable bonds is 3. The van der Waals surface area contributed by atoms with Gasteiger partial charge in [0.2, 0.25) is 6.41 Å². The molecule has 4 nitrogen and oxygen atoms in total. The van der Waals surface area contributed by atoms with Crippen LogP contribution in [0.5, 0.6) is 0 Å². The average Bonchev–Trinajstić information content (AvgIpc) is 2.30. The highest BCUT2D eigenvalue weighted by Crippen LogP contribution is 2.12. The summed E-state index contributed by atoms with van der Waals surface area (Å²) < 4.78 is 0. The molecule has 1 rings (SSSR count). The van der Waals surface area contributed by atoms with Gasteiger partial charge in [0.05, 0.1) is 0 Å². The van der Waals surface area contributed by atoms with E-state index in [4.69, 9.17) is 0 Å². The minimum atomic E-state index is 0.425. The molecule has 1 saturated heterocycles. The molecule has 1 atom stereocenters. The lowest BCUT2D eigenvalue weighted by Crippen LogP contribution is -2.54. The highest BCUT2D eigenvalue weighted by molar-refractivity contribution is 5.48. The Bertz CT molecular complexity index is 173. The van der Waals surface area contributed by atoms with Crippen molar-refractivity contribution in [2.24, 2.45) is 5.73 Å². The van der Waals surface area contributed by atoms with Crippen LogP contribution in [0.1, 0.15) is 27.2 Å². The molecule has 1 fully saturated rings. The third-order valence-electron chi connectivity index (χ3n) is 2.90. The molecule has 0 aromatic rings. The summed E-state index contributed by atoms with van der Waals surface area (Å²) in [5, 5.41) is 0. The van der Waals surface area contributed by atoms with Crippen molar-refractivity contribution in [1.82, 2.24) is 9.80 Å². The molecule has 1 unspecified atom stereocenters. The minimum absolute atomic E-state index is 0.425. The monoisotopic (exact) mass is 215 g/mol. The summed E-state index contributed by atoms with van der Waals surface area (Å²) in [4.78, 5) is 15.1. The smallest absolute Gasteiger partial charge is 0.210 e. The second kappa shape index (κ2) is 7.65. The van der Waals surface area contributed by atoms with Crippen LogP contribution in [-0.2, 0) is 4.79 Å². The van der Waals surface area contributed by atoms with Crippen LogP contribution in [0.15, 0.2) is 0 Å². The van der Waals surface area contributed by atoms with Gasteiger partial charge in [0.1, 0.15) is 0 Å². The van der Waals surface area contributed by atoms with Crippen molar-refractivity contribution in [3.05, 3.63) is 0 Å². The molecule has 1 heterocycles. The molecular weight excluding hydrogens is 190 g/mol. The SMILES string of the molecule is CCC1CN(C(C)C)CCN1C=O.CN. The Balaban J connectivity index is 0.000000921. The van der Waals surface area contributed by atoms with Gasteiger partial charge >= 0.3 is 0 Å². The Morgan fingerprint density at radius 1 is 1.40 bits per heavy atom. The number of amides is 1. The third-order valence-corrected chi connectivity index (χ3v) is 2.90. The van der Waals surface area contributed by atoms with E-state index in [9.17, 15) is 4.79 Å². The zero-order valence-corrected chi connectivity index (χ0v) is 10.4. The van der Waals surface area contributed by atoms with Crippen molar-refractivity contribution in [1.29, 1.82) is 0 Å². The van der Waals surface area contributed by atoms with Gasteiger partial charge in [-0.15, -0.1) is 0 Å². The topological polar surface area (TPSA) is 49.6 Å². The first kappa shape index (κ1) is 14.4. The molecule has 90 valence electrons. The van der Waals surface area contributed by atoms with E-state index in [-0.39, 0.29) is 0 Å². The molecule has 15 heavy (non-hydrogen) atoms. The van der Waals surface area contributed by atoms with Crippen molar-refractivity contribution < 1.29 is 4.79 Å². The third kappa shape index (κ3) is 4.18. The lowest BCUT2D eigenvalue weighted by molar-refractivity contribution is -0.123. The molecule has 0 aromatic heterocycles. The van der Waals surface area contributed by atoms with Crippen LogP contribution in [0.4, 0.5) is 0 Å². The van der Waals surface area contributed by atoms with Crippen LogP contribution in [0, 0.1) is 0 Å². The van der Waals surface area contributed by atoms with Gasteiger partial charge in [0, 0.05) is 31.7 Å². The number of nitrogens with zero attached hydrogens (tertiary/aromatic N) is 2. The Morgan fingerprint density at radius 3 is 2.40 bits per heavy atom. The van der Waals surface area contributed by atoms with E-state index in [1.807, 2.05) is 4.90 Å². The normalized spacial score (nSPS) is 22.3. The standard InChI is InChI=1S/C10H20N2O.CH5N/c1-4-10-7-11(9(2)3)5-6-12(10)8-13;1-2/h8-10H,4-7H2,1-3H3;2H2,1H3. The van der Waals surface area contributed by atoms with Gasteiger partial charge in [0.15, 0.2) is 0 Å². The Hall–Kier alpha value is -0.610. The van der Waals surface area contributed by atoms with Crippen molar-refractivity contribution in [3.63, 3.8) is 0 Å². The largest absolute Gasteiger partial charge is 0.340 e. The number of nitrogens with two attached hydrogens (primary N) is 1. The lowest BCUT2D eigenvalue weighted by atomic mass is 10.1. The second-order valence-electron chi connectivity index (χ2n) is 3.99. The summed E-state index contributed by atoms with van der Waals surface area (Å²) in [5.41, 5.74) is 4.50. The van der Waals surface area contributed by atoms with E-state index in [1.54, 1.807) is 0 Å². The predicted molar refractivity (Wildman–Crippen MR) is 63.7 cm³/mol. The van der Waals surface area contributed by atoms with Gasteiger partial charge in [-0.2, -0.15) is 0 Å². The van der Waals surface area contributed by atoms with E-state index in [0.717, 1.165) is 32.5 Å². The Kier molecular flexibility index (Phi) is 7.34. The van der Waals surface area contributed by atoms with Gasteiger partial charge in [-0.25, -0.2) is 0 Å². The first-order valence-electron chi connectivity index (χ1n) is 5.71. The molecule has 0 aromatic carbocycles. The van der Waals surface area contributed by atoms with E-state index in [1.165, 1.54) is 7.05 Å². The van der Waals surface area contributed by atoms with Gasteiger partial charge in [-0.3, -0.25) is 9.69 Å². The van der Waals surface area contributed by atoms with E-state index < -0.39 is 0 Å². The van der Waals surface area contributed by atoms with Crippen LogP contribution >= 0.6 is 0 Å². The van der Waals surface area contributed by atoms with Gasteiger partial charge in [-0.05, 0) is 27.3 Å². The molecule has 2 N–H and O–H groups in total. The summed E-state index contributed by atoms with van der Waals surface area (Å²) in [5.74, 6) is 0. The molecule has 1 amide bonds. The molecule has 0 bridgehead atoms. The zero-order valence-electron chi connectivity index (χ0n) is 10.4. The molecule has 1 aliphatic rings. The maximum absolute atomic E-state index is 10.7. The number of carbonyl (C=O) groups is 1. The highest BCUT2D eigenvalue weighted by atomic mass is 16.1. The fourth-order valence-corrected chi connectivity index (χ4v) is 1.86. The van der Waals surface area contributed by atoms with Gasteiger partial charge in [-0.1, -0.05) is 6.92 Å². The summed E-state index contributed by atoms with van der Waals surface area (Å²) in [6.07, 6.45) is 2.05. The van der Waals surface area contributed by atoms with Crippen LogP contribution in [-0.4, -0.2) is 55.0 Å². The predicted octanol–water partition coefficient (Wildman–Crippen LogP) is 0.522. The van der Waals surface area contributed by atoms with Crippen molar-refractivity contribution in [2.75, 3.05) is 26.7 Å². The number of carbonyl (C=O) groups excluding carboxylic acids is 1. The molecule has 4 heteroatoms. The minimum Gasteiger partial charge on any atom is -0.340 e. The van der Waals surface area contributed by atoms with Crippen LogP contribution in [0.3, 0.4) is 0 Å². The maximum Gasteiger partial charge on any atom is 0.210 e. The van der Waals surface area contributed by atoms with Crippen LogP contribution < -0.4 is 5.73 Å². The first-order chi connectivity index (χ1) is 7.19. The second-order valence-corrected chi connectivity index (χ2v) is 3.99. The molecule has 0 aliphatic carbocycles. The zero-order chi connectivity index (χ0) is 11.8. The maximum atomic E-state index is 10.7. The van der Waals surface area contributed by atoms with Gasteiger partial charge < -0.3 is 10.6 Å². The molecule has 0 saturated carbocycles. The average molecular weight is 215 g/mol. The summed E-state index contributed by atoms with van der Waals surface area (Å²) in [6.45, 7) is 9.51. The number of hydrogen-bond donors (Lipinski definition) is 1. The quantitative estimate of drug-likeness (QED) is 0.698. The lowest BCUT2D eigenvalue weighted by Gasteiger charge is -2.41.